The third-order valence-corrected chi connectivity index (χ3v) is 5.65. The summed E-state index contributed by atoms with van der Waals surface area (Å²) in [5, 5.41) is 9.85. The van der Waals surface area contributed by atoms with Crippen LogP contribution in [0.2, 0.25) is 0 Å². The van der Waals surface area contributed by atoms with Crippen LogP contribution in [0.1, 0.15) is 42.1 Å². The van der Waals surface area contributed by atoms with E-state index in [1.165, 1.54) is 7.11 Å². The lowest BCUT2D eigenvalue weighted by Gasteiger charge is -2.27. The molecule has 3 rings (SSSR count). The lowest BCUT2D eigenvalue weighted by molar-refractivity contribution is -0.148. The number of rotatable bonds is 6. The summed E-state index contributed by atoms with van der Waals surface area (Å²) in [6, 6.07) is 16.7. The summed E-state index contributed by atoms with van der Waals surface area (Å²) in [7, 11) is 3.19. The van der Waals surface area contributed by atoms with Crippen LogP contribution in [-0.4, -0.2) is 43.6 Å². The fourth-order valence-electron chi connectivity index (χ4n) is 4.19. The molecule has 6 nitrogen and oxygen atoms in total. The van der Waals surface area contributed by atoms with Crippen LogP contribution in [0.3, 0.4) is 0 Å². The topological polar surface area (TPSA) is 79.6 Å². The molecule has 0 aromatic heterocycles. The van der Waals surface area contributed by atoms with E-state index in [1.54, 1.807) is 19.1 Å². The molecule has 2 aromatic rings. The van der Waals surface area contributed by atoms with Gasteiger partial charge >= 0.3 is 11.9 Å². The Morgan fingerprint density at radius 2 is 1.81 bits per heavy atom. The van der Waals surface area contributed by atoms with Crippen molar-refractivity contribution in [1.82, 2.24) is 4.90 Å². The van der Waals surface area contributed by atoms with Crippen molar-refractivity contribution in [2.45, 2.75) is 32.2 Å². The van der Waals surface area contributed by atoms with Gasteiger partial charge in [-0.15, -0.1) is 0 Å². The second kappa shape index (κ2) is 9.48. The fourth-order valence-corrected chi connectivity index (χ4v) is 4.19. The Balaban J connectivity index is 1.99. The van der Waals surface area contributed by atoms with E-state index in [0.29, 0.717) is 17.6 Å². The Bertz CT molecular complexity index is 1050. The van der Waals surface area contributed by atoms with Gasteiger partial charge in [-0.3, -0.25) is 0 Å². The molecule has 1 aliphatic heterocycles. The van der Waals surface area contributed by atoms with Gasteiger partial charge < -0.3 is 14.4 Å². The van der Waals surface area contributed by atoms with Gasteiger partial charge in [0.05, 0.1) is 36.8 Å². The number of esters is 2. The van der Waals surface area contributed by atoms with Gasteiger partial charge in [0, 0.05) is 12.7 Å². The van der Waals surface area contributed by atoms with Crippen LogP contribution in [0, 0.1) is 11.3 Å². The summed E-state index contributed by atoms with van der Waals surface area (Å²) in [4.78, 5) is 26.4. The SMILES string of the molecule is CCOC(=O)C1C(c2ccc(-c3cccc(C(=O)OC)c3)cc2)C(C#N)=C(CC)N1C. The standard InChI is InChI=1S/C25H26N2O4/c1-5-21-20(15-26)22(23(27(21)3)25(29)31-6-2)17-12-10-16(11-13-17)18-8-7-9-19(14-18)24(28)30-4/h7-14,22-23H,5-6H2,1-4H3. The minimum absolute atomic E-state index is 0.286. The van der Waals surface area contributed by atoms with Gasteiger partial charge in [0.1, 0.15) is 6.04 Å². The maximum absolute atomic E-state index is 12.7. The Morgan fingerprint density at radius 3 is 2.39 bits per heavy atom. The number of nitrogens with zero attached hydrogens (tertiary/aromatic N) is 2. The van der Waals surface area contributed by atoms with Crippen molar-refractivity contribution >= 4 is 11.9 Å². The number of carbonyl (C=O) groups is 2. The van der Waals surface area contributed by atoms with Crippen molar-refractivity contribution in [2.24, 2.45) is 0 Å². The van der Waals surface area contributed by atoms with Crippen molar-refractivity contribution in [1.29, 1.82) is 5.26 Å². The van der Waals surface area contributed by atoms with Crippen molar-refractivity contribution in [3.05, 3.63) is 70.9 Å². The number of ether oxygens (including phenoxy) is 2. The van der Waals surface area contributed by atoms with Gasteiger partial charge in [0.15, 0.2) is 0 Å². The summed E-state index contributed by atoms with van der Waals surface area (Å²) in [5.41, 5.74) is 4.62. The third kappa shape index (κ3) is 4.17. The summed E-state index contributed by atoms with van der Waals surface area (Å²) in [5.74, 6) is -1.11. The molecular weight excluding hydrogens is 392 g/mol. The van der Waals surface area contributed by atoms with Crippen molar-refractivity contribution in [2.75, 3.05) is 20.8 Å². The largest absolute Gasteiger partial charge is 0.465 e. The minimum atomic E-state index is -0.571. The molecule has 0 aliphatic carbocycles. The van der Waals surface area contributed by atoms with Gasteiger partial charge in [-0.05, 0) is 42.2 Å². The summed E-state index contributed by atoms with van der Waals surface area (Å²) in [6.45, 7) is 4.04. The molecule has 0 fully saturated rings. The Kier molecular flexibility index (Phi) is 6.76. The van der Waals surface area contributed by atoms with Crippen LogP contribution < -0.4 is 0 Å². The number of methoxy groups -OCH3 is 1. The maximum atomic E-state index is 12.7. The smallest absolute Gasteiger partial charge is 0.337 e. The number of allylic oxidation sites excluding steroid dienone is 1. The molecule has 0 saturated carbocycles. The summed E-state index contributed by atoms with van der Waals surface area (Å²) >= 11 is 0. The van der Waals surface area contributed by atoms with Gasteiger partial charge in [-0.1, -0.05) is 43.3 Å². The molecule has 0 spiro atoms. The molecule has 31 heavy (non-hydrogen) atoms. The van der Waals surface area contributed by atoms with Crippen molar-refractivity contribution < 1.29 is 19.1 Å². The zero-order chi connectivity index (χ0) is 22.5. The van der Waals surface area contributed by atoms with E-state index in [-0.39, 0.29) is 24.5 Å². The molecule has 2 aromatic carbocycles. The number of benzene rings is 2. The first-order valence-corrected chi connectivity index (χ1v) is 10.3. The lowest BCUT2D eigenvalue weighted by Crippen LogP contribution is -2.39. The van der Waals surface area contributed by atoms with Crippen LogP contribution in [0.4, 0.5) is 0 Å². The zero-order valence-corrected chi connectivity index (χ0v) is 18.2. The zero-order valence-electron chi connectivity index (χ0n) is 18.2. The molecular formula is C25H26N2O4. The van der Waals surface area contributed by atoms with E-state index in [4.69, 9.17) is 9.47 Å². The van der Waals surface area contributed by atoms with Gasteiger partial charge in [0.2, 0.25) is 0 Å². The predicted octanol–water partition coefficient (Wildman–Crippen LogP) is 4.29. The first-order chi connectivity index (χ1) is 15.0. The third-order valence-electron chi connectivity index (χ3n) is 5.65. The summed E-state index contributed by atoms with van der Waals surface area (Å²) < 4.78 is 10.1. The minimum Gasteiger partial charge on any atom is -0.465 e. The highest BCUT2D eigenvalue weighted by Crippen LogP contribution is 2.42. The number of carbonyl (C=O) groups excluding carboxylic acids is 2. The van der Waals surface area contributed by atoms with Gasteiger partial charge in [0.25, 0.3) is 0 Å². The van der Waals surface area contributed by atoms with E-state index in [2.05, 4.69) is 6.07 Å². The Labute approximate surface area is 182 Å². The molecule has 2 unspecified atom stereocenters. The molecule has 6 heteroatoms. The first kappa shape index (κ1) is 22.1. The normalized spacial score (nSPS) is 18.0. The van der Waals surface area contributed by atoms with Crippen LogP contribution in [0.5, 0.6) is 0 Å². The highest BCUT2D eigenvalue weighted by atomic mass is 16.5. The molecule has 0 N–H and O–H groups in total. The van der Waals surface area contributed by atoms with E-state index >= 15 is 0 Å². The van der Waals surface area contributed by atoms with Crippen LogP contribution in [-0.2, 0) is 14.3 Å². The molecule has 1 heterocycles. The first-order valence-electron chi connectivity index (χ1n) is 10.3. The van der Waals surface area contributed by atoms with Gasteiger partial charge in [-0.25, -0.2) is 9.59 Å². The fraction of sp³-hybridized carbons (Fsp3) is 0.320. The average molecular weight is 418 g/mol. The van der Waals surface area contributed by atoms with Crippen LogP contribution in [0.25, 0.3) is 11.1 Å². The molecule has 0 radical (unpaired) electrons. The second-order valence-corrected chi connectivity index (χ2v) is 7.31. The molecule has 0 bridgehead atoms. The van der Waals surface area contributed by atoms with E-state index in [0.717, 1.165) is 22.4 Å². The maximum Gasteiger partial charge on any atom is 0.337 e. The van der Waals surface area contributed by atoms with Crippen LogP contribution in [0.15, 0.2) is 59.8 Å². The molecule has 160 valence electrons. The Morgan fingerprint density at radius 1 is 1.10 bits per heavy atom. The van der Waals surface area contributed by atoms with Crippen LogP contribution >= 0.6 is 0 Å². The van der Waals surface area contributed by atoms with E-state index < -0.39 is 6.04 Å². The van der Waals surface area contributed by atoms with E-state index in [1.807, 2.05) is 55.3 Å². The highest BCUT2D eigenvalue weighted by Gasteiger charge is 2.44. The number of likely N-dealkylation sites (N-methyl/N-ethyl adjacent to an activating group) is 1. The van der Waals surface area contributed by atoms with Crippen molar-refractivity contribution in [3.63, 3.8) is 0 Å². The number of nitriles is 1. The molecule has 2 atom stereocenters. The average Bonchev–Trinajstić information content (AvgIpc) is 3.10. The van der Waals surface area contributed by atoms with Crippen molar-refractivity contribution in [3.8, 4) is 17.2 Å². The monoisotopic (exact) mass is 418 g/mol. The Hall–Kier alpha value is -3.59. The lowest BCUT2D eigenvalue weighted by atomic mass is 9.86. The number of hydrogen-bond acceptors (Lipinski definition) is 6. The van der Waals surface area contributed by atoms with E-state index in [9.17, 15) is 14.9 Å². The molecule has 1 aliphatic rings. The quantitative estimate of drug-likeness (QED) is 0.651. The second-order valence-electron chi connectivity index (χ2n) is 7.31. The van der Waals surface area contributed by atoms with Gasteiger partial charge in [-0.2, -0.15) is 5.26 Å². The highest BCUT2D eigenvalue weighted by molar-refractivity contribution is 5.91. The molecule has 0 amide bonds. The number of hydrogen-bond donors (Lipinski definition) is 0. The summed E-state index contributed by atoms with van der Waals surface area (Å²) in [6.07, 6.45) is 0.657. The predicted molar refractivity (Wildman–Crippen MR) is 117 cm³/mol. The molecule has 0 saturated heterocycles.